The summed E-state index contributed by atoms with van der Waals surface area (Å²) >= 11 is 2.87. The Balaban J connectivity index is 3.41. The third-order valence-corrected chi connectivity index (χ3v) is 2.59. The second-order valence-corrected chi connectivity index (χ2v) is 3.51. The number of phenolic OH excluding ortho intramolecular Hbond substituents is 1. The number of carbonyl (C=O) groups is 1. The molecule has 1 aromatic carbocycles. The highest BCUT2D eigenvalue weighted by Crippen LogP contribution is 2.34. The summed E-state index contributed by atoms with van der Waals surface area (Å²) in [5.74, 6) is -0.759. The number of Topliss-reactive ketones (excluding diaryl/α,β-unsaturated/α-hetero) is 1. The SMILES string of the molecule is CC(=O)c1c(O)ccc(C(F)F)c1Br. The molecule has 0 amide bonds. The van der Waals surface area contributed by atoms with Crippen LogP contribution >= 0.6 is 15.9 Å². The largest absolute Gasteiger partial charge is 0.507 e. The Kier molecular flexibility index (Phi) is 3.21. The first-order valence-corrected chi connectivity index (χ1v) is 4.55. The van der Waals surface area contributed by atoms with E-state index >= 15 is 0 Å². The maximum absolute atomic E-state index is 12.4. The number of rotatable bonds is 2. The minimum Gasteiger partial charge on any atom is -0.507 e. The maximum atomic E-state index is 12.4. The van der Waals surface area contributed by atoms with Gasteiger partial charge in [-0.1, -0.05) is 0 Å². The first-order valence-electron chi connectivity index (χ1n) is 3.75. The molecular formula is C9H7BrF2O2. The van der Waals surface area contributed by atoms with Crippen molar-refractivity contribution in [3.05, 3.63) is 27.7 Å². The number of hydrogen-bond acceptors (Lipinski definition) is 2. The van der Waals surface area contributed by atoms with E-state index in [-0.39, 0.29) is 21.3 Å². The molecule has 0 radical (unpaired) electrons. The summed E-state index contributed by atoms with van der Waals surface area (Å²) in [5, 5.41) is 9.27. The van der Waals surface area contributed by atoms with Crippen LogP contribution in [0.5, 0.6) is 5.75 Å². The summed E-state index contributed by atoms with van der Waals surface area (Å²) in [4.78, 5) is 11.0. The summed E-state index contributed by atoms with van der Waals surface area (Å²) in [6.07, 6.45) is -2.68. The maximum Gasteiger partial charge on any atom is 0.264 e. The van der Waals surface area contributed by atoms with Gasteiger partial charge in [-0.15, -0.1) is 0 Å². The standard InChI is InChI=1S/C9H7BrF2O2/c1-4(13)7-6(14)3-2-5(8(7)10)9(11)12/h2-3,9,14H,1H3. The van der Waals surface area contributed by atoms with Crippen molar-refractivity contribution in [2.75, 3.05) is 0 Å². The second-order valence-electron chi connectivity index (χ2n) is 2.72. The van der Waals surface area contributed by atoms with Crippen LogP contribution < -0.4 is 0 Å². The molecule has 1 aromatic rings. The van der Waals surface area contributed by atoms with Crippen LogP contribution in [0.4, 0.5) is 8.78 Å². The average molecular weight is 265 g/mol. The third kappa shape index (κ3) is 1.92. The van der Waals surface area contributed by atoms with Gasteiger partial charge in [0, 0.05) is 10.0 Å². The summed E-state index contributed by atoms with van der Waals surface area (Å²) in [5.41, 5.74) is -0.407. The molecule has 2 nitrogen and oxygen atoms in total. The van der Waals surface area contributed by atoms with Gasteiger partial charge < -0.3 is 5.11 Å². The van der Waals surface area contributed by atoms with Gasteiger partial charge in [0.25, 0.3) is 6.43 Å². The number of phenols is 1. The van der Waals surface area contributed by atoms with E-state index in [0.717, 1.165) is 12.1 Å². The lowest BCUT2D eigenvalue weighted by atomic mass is 10.1. The van der Waals surface area contributed by atoms with Crippen molar-refractivity contribution in [1.29, 1.82) is 0 Å². The summed E-state index contributed by atoms with van der Waals surface area (Å²) in [6, 6.07) is 2.17. The van der Waals surface area contributed by atoms with Crippen molar-refractivity contribution in [1.82, 2.24) is 0 Å². The zero-order valence-electron chi connectivity index (χ0n) is 7.22. The van der Waals surface area contributed by atoms with E-state index in [1.54, 1.807) is 0 Å². The van der Waals surface area contributed by atoms with Crippen LogP contribution in [0.15, 0.2) is 16.6 Å². The fraction of sp³-hybridized carbons (Fsp3) is 0.222. The Bertz CT molecular complexity index is 377. The van der Waals surface area contributed by atoms with Gasteiger partial charge in [-0.25, -0.2) is 8.78 Å². The molecule has 14 heavy (non-hydrogen) atoms. The molecule has 0 saturated carbocycles. The van der Waals surface area contributed by atoms with Crippen molar-refractivity contribution in [2.45, 2.75) is 13.3 Å². The molecule has 0 aliphatic rings. The van der Waals surface area contributed by atoms with Gasteiger partial charge in [-0.3, -0.25) is 4.79 Å². The summed E-state index contributed by atoms with van der Waals surface area (Å²) < 4.78 is 24.7. The topological polar surface area (TPSA) is 37.3 Å². The predicted octanol–water partition coefficient (Wildman–Crippen LogP) is 3.29. The molecule has 0 atom stereocenters. The number of hydrogen-bond donors (Lipinski definition) is 1. The number of carbonyl (C=O) groups excluding carboxylic acids is 1. The van der Waals surface area contributed by atoms with E-state index in [1.165, 1.54) is 6.92 Å². The van der Waals surface area contributed by atoms with Crippen LogP contribution in [0, 0.1) is 0 Å². The predicted molar refractivity (Wildman–Crippen MR) is 50.8 cm³/mol. The van der Waals surface area contributed by atoms with Gasteiger partial charge in [-0.2, -0.15) is 0 Å². The molecule has 0 heterocycles. The van der Waals surface area contributed by atoms with Crippen molar-refractivity contribution in [2.24, 2.45) is 0 Å². The zero-order chi connectivity index (χ0) is 10.9. The minimum atomic E-state index is -2.68. The van der Waals surface area contributed by atoms with E-state index in [9.17, 15) is 18.7 Å². The van der Waals surface area contributed by atoms with Crippen molar-refractivity contribution >= 4 is 21.7 Å². The Hall–Kier alpha value is -0.970. The number of benzene rings is 1. The molecule has 1 N–H and O–H groups in total. The Morgan fingerprint density at radius 3 is 2.50 bits per heavy atom. The molecule has 0 aliphatic heterocycles. The highest BCUT2D eigenvalue weighted by atomic mass is 79.9. The zero-order valence-corrected chi connectivity index (χ0v) is 8.81. The molecule has 0 saturated heterocycles. The Morgan fingerprint density at radius 1 is 1.50 bits per heavy atom. The first-order chi connectivity index (χ1) is 6.45. The molecule has 0 aliphatic carbocycles. The lowest BCUT2D eigenvalue weighted by molar-refractivity contribution is 0.101. The first kappa shape index (κ1) is 11.1. The second kappa shape index (κ2) is 4.04. The molecule has 0 unspecified atom stereocenters. The normalized spacial score (nSPS) is 10.6. The van der Waals surface area contributed by atoms with Crippen molar-refractivity contribution < 1.29 is 18.7 Å². The van der Waals surface area contributed by atoms with E-state index in [0.29, 0.717) is 0 Å². The highest BCUT2D eigenvalue weighted by Gasteiger charge is 2.19. The lowest BCUT2D eigenvalue weighted by Gasteiger charge is -2.08. The van der Waals surface area contributed by atoms with Crippen molar-refractivity contribution in [3.63, 3.8) is 0 Å². The molecule has 0 bridgehead atoms. The van der Waals surface area contributed by atoms with Gasteiger partial charge in [0.2, 0.25) is 0 Å². The number of halogens is 3. The molecule has 1 rings (SSSR count). The van der Waals surface area contributed by atoms with Crippen LogP contribution in [0.2, 0.25) is 0 Å². The van der Waals surface area contributed by atoms with E-state index in [2.05, 4.69) is 15.9 Å². The number of aromatic hydroxyl groups is 1. The van der Waals surface area contributed by atoms with Crippen LogP contribution in [0.25, 0.3) is 0 Å². The number of ketones is 1. The lowest BCUT2D eigenvalue weighted by Crippen LogP contribution is -1.98. The smallest absolute Gasteiger partial charge is 0.264 e. The molecule has 0 spiro atoms. The highest BCUT2D eigenvalue weighted by molar-refractivity contribution is 9.10. The molecule has 76 valence electrons. The van der Waals surface area contributed by atoms with Gasteiger partial charge in [0.05, 0.1) is 5.56 Å². The van der Waals surface area contributed by atoms with Gasteiger partial charge in [0.15, 0.2) is 5.78 Å². The van der Waals surface area contributed by atoms with Gasteiger partial charge in [0.1, 0.15) is 5.75 Å². The average Bonchev–Trinajstić information content (AvgIpc) is 2.02. The van der Waals surface area contributed by atoms with E-state index in [1.807, 2.05) is 0 Å². The van der Waals surface area contributed by atoms with Crippen LogP contribution in [0.1, 0.15) is 29.3 Å². The van der Waals surface area contributed by atoms with E-state index in [4.69, 9.17) is 0 Å². The Morgan fingerprint density at radius 2 is 2.07 bits per heavy atom. The van der Waals surface area contributed by atoms with Crippen LogP contribution in [-0.2, 0) is 0 Å². The van der Waals surface area contributed by atoms with E-state index < -0.39 is 12.2 Å². The Labute approximate surface area is 87.7 Å². The van der Waals surface area contributed by atoms with Crippen LogP contribution in [0.3, 0.4) is 0 Å². The molecular weight excluding hydrogens is 258 g/mol. The van der Waals surface area contributed by atoms with Crippen molar-refractivity contribution in [3.8, 4) is 5.75 Å². The van der Waals surface area contributed by atoms with Crippen LogP contribution in [-0.4, -0.2) is 10.9 Å². The fourth-order valence-electron chi connectivity index (χ4n) is 1.09. The summed E-state index contributed by atoms with van der Waals surface area (Å²) in [7, 11) is 0. The minimum absolute atomic E-state index is 0.0417. The molecule has 5 heteroatoms. The number of alkyl halides is 2. The quantitative estimate of drug-likeness (QED) is 0.833. The van der Waals surface area contributed by atoms with Gasteiger partial charge >= 0.3 is 0 Å². The molecule has 0 fully saturated rings. The molecule has 0 aromatic heterocycles. The monoisotopic (exact) mass is 264 g/mol. The fourth-order valence-corrected chi connectivity index (χ4v) is 1.87. The van der Waals surface area contributed by atoms with Gasteiger partial charge in [-0.05, 0) is 35.0 Å². The third-order valence-electron chi connectivity index (χ3n) is 1.74. The summed E-state index contributed by atoms with van der Waals surface area (Å²) in [6.45, 7) is 1.20.